The Kier molecular flexibility index (Phi) is 2.64. The van der Waals surface area contributed by atoms with Crippen molar-refractivity contribution in [3.63, 3.8) is 0 Å². The number of aromatic nitrogens is 3. The molecule has 0 unspecified atom stereocenters. The van der Waals surface area contributed by atoms with E-state index in [1.165, 1.54) is 16.9 Å². The van der Waals surface area contributed by atoms with Crippen LogP contribution in [0.5, 0.6) is 0 Å². The standard InChI is InChI=1S/C12H7ClN4O2/c13-9-3-1-8(2-4-9)11-6-15-16-7-10(17(18)19)5-14-12(11)16/h1-7H. The maximum absolute atomic E-state index is 10.7. The van der Waals surface area contributed by atoms with Gasteiger partial charge in [-0.1, -0.05) is 23.7 Å². The Balaban J connectivity index is 2.15. The monoisotopic (exact) mass is 274 g/mol. The lowest BCUT2D eigenvalue weighted by Gasteiger charge is -1.99. The normalized spacial score (nSPS) is 10.8. The van der Waals surface area contributed by atoms with Gasteiger partial charge in [-0.15, -0.1) is 0 Å². The second kappa shape index (κ2) is 4.33. The van der Waals surface area contributed by atoms with Gasteiger partial charge in [0, 0.05) is 10.6 Å². The van der Waals surface area contributed by atoms with Gasteiger partial charge >= 0.3 is 5.69 Å². The highest BCUT2D eigenvalue weighted by Crippen LogP contribution is 2.25. The largest absolute Gasteiger partial charge is 0.305 e. The van der Waals surface area contributed by atoms with Gasteiger partial charge in [-0.25, -0.2) is 9.50 Å². The van der Waals surface area contributed by atoms with Crippen molar-refractivity contribution in [2.45, 2.75) is 0 Å². The van der Waals surface area contributed by atoms with Gasteiger partial charge in [0.05, 0.1) is 11.1 Å². The number of hydrogen-bond acceptors (Lipinski definition) is 4. The Morgan fingerprint density at radius 2 is 1.95 bits per heavy atom. The molecule has 0 atom stereocenters. The van der Waals surface area contributed by atoms with Crippen molar-refractivity contribution >= 4 is 22.9 Å². The Labute approximate surface area is 112 Å². The van der Waals surface area contributed by atoms with Crippen LogP contribution in [0.2, 0.25) is 5.02 Å². The zero-order valence-corrected chi connectivity index (χ0v) is 10.3. The summed E-state index contributed by atoms with van der Waals surface area (Å²) >= 11 is 5.84. The van der Waals surface area contributed by atoms with E-state index in [1.54, 1.807) is 18.3 Å². The van der Waals surface area contributed by atoms with Crippen LogP contribution >= 0.6 is 11.6 Å². The van der Waals surface area contributed by atoms with Crippen LogP contribution in [0.3, 0.4) is 0 Å². The maximum atomic E-state index is 10.7. The van der Waals surface area contributed by atoms with Gasteiger partial charge in [0.15, 0.2) is 5.65 Å². The average molecular weight is 275 g/mol. The lowest BCUT2D eigenvalue weighted by Crippen LogP contribution is -1.95. The van der Waals surface area contributed by atoms with Crippen molar-refractivity contribution in [2.75, 3.05) is 0 Å². The summed E-state index contributed by atoms with van der Waals surface area (Å²) < 4.78 is 1.39. The van der Waals surface area contributed by atoms with Gasteiger partial charge < -0.3 is 0 Å². The first-order valence-electron chi connectivity index (χ1n) is 5.39. The summed E-state index contributed by atoms with van der Waals surface area (Å²) in [6, 6.07) is 7.24. The van der Waals surface area contributed by atoms with Crippen LogP contribution < -0.4 is 0 Å². The SMILES string of the molecule is O=[N+]([O-])c1cnc2c(-c3ccc(Cl)cc3)cnn2c1. The first kappa shape index (κ1) is 11.6. The fourth-order valence-electron chi connectivity index (χ4n) is 1.79. The molecule has 94 valence electrons. The molecule has 0 saturated carbocycles. The zero-order valence-electron chi connectivity index (χ0n) is 9.52. The zero-order chi connectivity index (χ0) is 13.4. The third-order valence-electron chi connectivity index (χ3n) is 2.71. The molecular formula is C12H7ClN4O2. The maximum Gasteiger partial charge on any atom is 0.305 e. The average Bonchev–Trinajstić information content (AvgIpc) is 2.82. The minimum atomic E-state index is -0.504. The summed E-state index contributed by atoms with van der Waals surface area (Å²) in [5, 5.41) is 15.4. The molecule has 0 radical (unpaired) electrons. The molecule has 19 heavy (non-hydrogen) atoms. The molecule has 6 nitrogen and oxygen atoms in total. The minimum Gasteiger partial charge on any atom is -0.258 e. The number of nitro groups is 1. The topological polar surface area (TPSA) is 73.3 Å². The molecule has 2 heterocycles. The predicted molar refractivity (Wildman–Crippen MR) is 70.1 cm³/mol. The third-order valence-corrected chi connectivity index (χ3v) is 2.96. The number of rotatable bonds is 2. The highest BCUT2D eigenvalue weighted by atomic mass is 35.5. The molecule has 0 aliphatic carbocycles. The highest BCUT2D eigenvalue weighted by molar-refractivity contribution is 6.30. The first-order chi connectivity index (χ1) is 9.15. The van der Waals surface area contributed by atoms with Gasteiger partial charge in [0.25, 0.3) is 0 Å². The van der Waals surface area contributed by atoms with Crippen LogP contribution in [-0.2, 0) is 0 Å². The van der Waals surface area contributed by atoms with Gasteiger partial charge in [-0.05, 0) is 17.7 Å². The van der Waals surface area contributed by atoms with Gasteiger partial charge in [-0.2, -0.15) is 5.10 Å². The molecule has 3 rings (SSSR count). The molecule has 0 spiro atoms. The number of fused-ring (bicyclic) bond motifs is 1. The second-order valence-corrected chi connectivity index (χ2v) is 4.34. The number of nitrogens with zero attached hydrogens (tertiary/aromatic N) is 4. The summed E-state index contributed by atoms with van der Waals surface area (Å²) in [7, 11) is 0. The molecule has 0 amide bonds. The van der Waals surface area contributed by atoms with E-state index in [4.69, 9.17) is 11.6 Å². The van der Waals surface area contributed by atoms with Crippen molar-refractivity contribution in [3.8, 4) is 11.1 Å². The molecule has 7 heteroatoms. The van der Waals surface area contributed by atoms with Crippen molar-refractivity contribution < 1.29 is 4.92 Å². The molecule has 0 saturated heterocycles. The van der Waals surface area contributed by atoms with Crippen LogP contribution in [0.25, 0.3) is 16.8 Å². The van der Waals surface area contributed by atoms with E-state index >= 15 is 0 Å². The van der Waals surface area contributed by atoms with Gasteiger partial charge in [-0.3, -0.25) is 10.1 Å². The molecule has 1 aromatic carbocycles. The third kappa shape index (κ3) is 2.02. The van der Waals surface area contributed by atoms with Crippen LogP contribution in [0, 0.1) is 10.1 Å². The van der Waals surface area contributed by atoms with E-state index in [1.807, 2.05) is 12.1 Å². The Morgan fingerprint density at radius 3 is 2.63 bits per heavy atom. The van der Waals surface area contributed by atoms with E-state index in [2.05, 4.69) is 10.1 Å². The summed E-state index contributed by atoms with van der Waals surface area (Å²) in [6.45, 7) is 0. The Bertz CT molecular complexity index is 767. The second-order valence-electron chi connectivity index (χ2n) is 3.90. The van der Waals surface area contributed by atoms with Gasteiger partial charge in [0.2, 0.25) is 0 Å². The number of hydrogen-bond donors (Lipinski definition) is 0. The van der Waals surface area contributed by atoms with Crippen molar-refractivity contribution in [2.24, 2.45) is 0 Å². The molecule has 0 bridgehead atoms. The lowest BCUT2D eigenvalue weighted by molar-refractivity contribution is -0.385. The highest BCUT2D eigenvalue weighted by Gasteiger charge is 2.12. The van der Waals surface area contributed by atoms with Crippen molar-refractivity contribution in [3.05, 3.63) is 58.0 Å². The smallest absolute Gasteiger partial charge is 0.258 e. The van der Waals surface area contributed by atoms with E-state index in [0.29, 0.717) is 10.7 Å². The van der Waals surface area contributed by atoms with Crippen LogP contribution in [0.1, 0.15) is 0 Å². The van der Waals surface area contributed by atoms with Crippen LogP contribution in [0.15, 0.2) is 42.9 Å². The van der Waals surface area contributed by atoms with Crippen molar-refractivity contribution in [1.82, 2.24) is 14.6 Å². The molecule has 0 aliphatic heterocycles. The van der Waals surface area contributed by atoms with E-state index in [9.17, 15) is 10.1 Å². The van der Waals surface area contributed by atoms with E-state index in [-0.39, 0.29) is 5.69 Å². The molecule has 0 N–H and O–H groups in total. The Morgan fingerprint density at radius 1 is 1.21 bits per heavy atom. The van der Waals surface area contributed by atoms with Crippen LogP contribution in [-0.4, -0.2) is 19.5 Å². The minimum absolute atomic E-state index is 0.0988. The quantitative estimate of drug-likeness (QED) is 0.532. The van der Waals surface area contributed by atoms with E-state index < -0.39 is 4.92 Å². The summed E-state index contributed by atoms with van der Waals surface area (Å²) in [6.07, 6.45) is 4.17. The Hall–Kier alpha value is -2.47. The van der Waals surface area contributed by atoms with Crippen molar-refractivity contribution in [1.29, 1.82) is 0 Å². The lowest BCUT2D eigenvalue weighted by atomic mass is 10.1. The molecule has 2 aromatic heterocycles. The summed E-state index contributed by atoms with van der Waals surface area (Å²) in [5.41, 5.74) is 2.17. The molecule has 0 aliphatic rings. The molecule has 0 fully saturated rings. The molecular weight excluding hydrogens is 268 g/mol. The number of halogens is 1. The van der Waals surface area contributed by atoms with E-state index in [0.717, 1.165) is 11.1 Å². The number of benzene rings is 1. The molecule has 3 aromatic rings. The fourth-order valence-corrected chi connectivity index (χ4v) is 1.92. The van der Waals surface area contributed by atoms with Gasteiger partial charge in [0.1, 0.15) is 12.4 Å². The first-order valence-corrected chi connectivity index (χ1v) is 5.76. The van der Waals surface area contributed by atoms with Crippen LogP contribution in [0.4, 0.5) is 5.69 Å². The fraction of sp³-hybridized carbons (Fsp3) is 0. The summed E-state index contributed by atoms with van der Waals surface area (Å²) in [4.78, 5) is 14.3. The predicted octanol–water partition coefficient (Wildman–Crippen LogP) is 2.96. The summed E-state index contributed by atoms with van der Waals surface area (Å²) in [5.74, 6) is 0.